The maximum atomic E-state index is 13.7. The molecule has 1 aliphatic heterocycles. The van der Waals surface area contributed by atoms with E-state index in [4.69, 9.17) is 0 Å². The Balaban J connectivity index is 1.89. The number of amides is 2. The monoisotopic (exact) mass is 429 g/mol. The summed E-state index contributed by atoms with van der Waals surface area (Å²) in [4.78, 5) is 40.4. The molecular weight excluding hydrogens is 406 g/mol. The number of anilines is 2. The number of carbonyl (C=O) groups is 2. The first-order valence-electron chi connectivity index (χ1n) is 10.4. The molecule has 2 amide bonds. The number of rotatable bonds is 4. The van der Waals surface area contributed by atoms with Crippen LogP contribution in [0, 0.1) is 10.1 Å². The third kappa shape index (κ3) is 3.85. The Bertz CT molecular complexity index is 1180. The molecule has 0 saturated carbocycles. The van der Waals surface area contributed by atoms with Gasteiger partial charge in [0, 0.05) is 36.3 Å². The molecule has 0 spiro atoms. The van der Waals surface area contributed by atoms with Crippen molar-refractivity contribution in [1.82, 2.24) is 0 Å². The van der Waals surface area contributed by atoms with E-state index in [1.165, 1.54) is 19.1 Å². The van der Waals surface area contributed by atoms with Crippen molar-refractivity contribution in [2.75, 3.05) is 9.80 Å². The second-order valence-corrected chi connectivity index (χ2v) is 7.87. The molecule has 0 fully saturated rings. The van der Waals surface area contributed by atoms with Crippen LogP contribution in [-0.4, -0.2) is 22.8 Å². The molecule has 1 aliphatic rings. The summed E-state index contributed by atoms with van der Waals surface area (Å²) in [5.74, 6) is -0.325. The van der Waals surface area contributed by atoms with Crippen molar-refractivity contribution >= 4 is 28.9 Å². The van der Waals surface area contributed by atoms with Crippen LogP contribution < -0.4 is 9.80 Å². The molecule has 4 rings (SSSR count). The van der Waals surface area contributed by atoms with Crippen LogP contribution in [0.1, 0.15) is 42.2 Å². The van der Waals surface area contributed by atoms with E-state index in [0.717, 1.165) is 11.3 Å². The number of nitro groups is 1. The highest BCUT2D eigenvalue weighted by atomic mass is 16.6. The van der Waals surface area contributed by atoms with Gasteiger partial charge in [0.2, 0.25) is 5.91 Å². The normalized spacial score (nSPS) is 17.4. The molecule has 0 radical (unpaired) electrons. The van der Waals surface area contributed by atoms with Crippen LogP contribution in [-0.2, 0) is 4.79 Å². The Labute approximate surface area is 186 Å². The van der Waals surface area contributed by atoms with Gasteiger partial charge in [0.1, 0.15) is 0 Å². The number of carbonyl (C=O) groups excluding carboxylic acids is 2. The van der Waals surface area contributed by atoms with Crippen LogP contribution >= 0.6 is 0 Å². The van der Waals surface area contributed by atoms with Gasteiger partial charge in [0.25, 0.3) is 11.6 Å². The van der Waals surface area contributed by atoms with Crippen LogP contribution in [0.4, 0.5) is 17.1 Å². The van der Waals surface area contributed by atoms with Crippen molar-refractivity contribution in [2.24, 2.45) is 0 Å². The Morgan fingerprint density at radius 2 is 1.69 bits per heavy atom. The van der Waals surface area contributed by atoms with Crippen molar-refractivity contribution in [1.29, 1.82) is 0 Å². The van der Waals surface area contributed by atoms with Crippen molar-refractivity contribution in [2.45, 2.75) is 32.4 Å². The molecule has 0 unspecified atom stereocenters. The molecule has 0 saturated heterocycles. The second-order valence-electron chi connectivity index (χ2n) is 7.87. The van der Waals surface area contributed by atoms with Crippen LogP contribution in [0.15, 0.2) is 78.9 Å². The molecule has 3 aromatic carbocycles. The van der Waals surface area contributed by atoms with E-state index >= 15 is 0 Å². The zero-order valence-electron chi connectivity index (χ0n) is 17.8. The molecule has 0 N–H and O–H groups in total. The van der Waals surface area contributed by atoms with Gasteiger partial charge in [0.15, 0.2) is 0 Å². The van der Waals surface area contributed by atoms with Crippen LogP contribution in [0.3, 0.4) is 0 Å². The van der Waals surface area contributed by atoms with Crippen LogP contribution in [0.25, 0.3) is 0 Å². The van der Waals surface area contributed by atoms with Gasteiger partial charge in [-0.2, -0.15) is 0 Å². The van der Waals surface area contributed by atoms with E-state index in [-0.39, 0.29) is 23.5 Å². The van der Waals surface area contributed by atoms with E-state index < -0.39 is 11.0 Å². The number of nitro benzene ring substituents is 1. The number of benzene rings is 3. The van der Waals surface area contributed by atoms with E-state index in [1.54, 1.807) is 46.2 Å². The van der Waals surface area contributed by atoms with Crippen LogP contribution in [0.2, 0.25) is 0 Å². The molecular formula is C25H23N3O4. The van der Waals surface area contributed by atoms with E-state index in [0.29, 0.717) is 17.7 Å². The lowest BCUT2D eigenvalue weighted by Gasteiger charge is -2.43. The highest BCUT2D eigenvalue weighted by Gasteiger charge is 2.38. The van der Waals surface area contributed by atoms with Gasteiger partial charge in [-0.15, -0.1) is 0 Å². The summed E-state index contributed by atoms with van der Waals surface area (Å²) in [7, 11) is 0. The zero-order valence-corrected chi connectivity index (χ0v) is 17.8. The van der Waals surface area contributed by atoms with Crippen molar-refractivity contribution in [3.63, 3.8) is 0 Å². The van der Waals surface area contributed by atoms with Crippen molar-refractivity contribution in [3.8, 4) is 0 Å². The maximum absolute atomic E-state index is 13.7. The van der Waals surface area contributed by atoms with E-state index in [9.17, 15) is 19.7 Å². The largest absolute Gasteiger partial charge is 0.309 e. The lowest BCUT2D eigenvalue weighted by molar-refractivity contribution is -0.384. The summed E-state index contributed by atoms with van der Waals surface area (Å²) in [6.45, 7) is 3.48. The first-order valence-corrected chi connectivity index (χ1v) is 10.4. The van der Waals surface area contributed by atoms with Crippen molar-refractivity contribution in [3.05, 3.63) is 100 Å². The number of para-hydroxylation sites is 1. The third-order valence-corrected chi connectivity index (χ3v) is 5.77. The number of fused-ring (bicyclic) bond motifs is 1. The molecule has 2 atom stereocenters. The molecule has 1 heterocycles. The lowest BCUT2D eigenvalue weighted by atomic mass is 9.89. The molecule has 7 heteroatoms. The SMILES string of the molecule is CC(=O)N1c2ccccc2[C@H](N(C(=O)c2ccccc2)c2cccc([N+](=O)[O-])c2)C[C@H]1C. The molecule has 0 bridgehead atoms. The first kappa shape index (κ1) is 21.2. The fourth-order valence-electron chi connectivity index (χ4n) is 4.42. The highest BCUT2D eigenvalue weighted by molar-refractivity contribution is 6.07. The summed E-state index contributed by atoms with van der Waals surface area (Å²) in [5.41, 5.74) is 2.42. The minimum Gasteiger partial charge on any atom is -0.309 e. The van der Waals surface area contributed by atoms with Gasteiger partial charge in [-0.3, -0.25) is 19.7 Å². The Morgan fingerprint density at radius 1 is 1.00 bits per heavy atom. The number of non-ortho nitro benzene ring substituents is 1. The van der Waals surface area contributed by atoms with Crippen LogP contribution in [0.5, 0.6) is 0 Å². The van der Waals surface area contributed by atoms with Gasteiger partial charge in [-0.25, -0.2) is 0 Å². The molecule has 32 heavy (non-hydrogen) atoms. The molecule has 7 nitrogen and oxygen atoms in total. The standard InChI is InChI=1S/C25H23N3O4/c1-17-15-24(22-13-6-7-14-23(22)26(17)18(2)29)27(25(30)19-9-4-3-5-10-19)20-11-8-12-21(16-20)28(31)32/h3-14,16-17,24H,15H2,1-2H3/t17-,24-/m1/s1. The van der Waals surface area contributed by atoms with E-state index in [2.05, 4.69) is 0 Å². The topological polar surface area (TPSA) is 83.8 Å². The highest BCUT2D eigenvalue weighted by Crippen LogP contribution is 2.43. The van der Waals surface area contributed by atoms with Gasteiger partial charge < -0.3 is 9.80 Å². The Hall–Kier alpha value is -4.00. The summed E-state index contributed by atoms with van der Waals surface area (Å²) in [6, 6.07) is 21.9. The van der Waals surface area contributed by atoms with E-state index in [1.807, 2.05) is 37.3 Å². The molecule has 0 aromatic heterocycles. The van der Waals surface area contributed by atoms with Crippen molar-refractivity contribution < 1.29 is 14.5 Å². The summed E-state index contributed by atoms with van der Waals surface area (Å²) in [6.07, 6.45) is 0.498. The Morgan fingerprint density at radius 3 is 2.38 bits per heavy atom. The zero-order chi connectivity index (χ0) is 22.8. The fraction of sp³-hybridized carbons (Fsp3) is 0.200. The minimum atomic E-state index is -0.469. The number of nitrogens with zero attached hydrogens (tertiary/aromatic N) is 3. The van der Waals surface area contributed by atoms with Gasteiger partial charge in [0.05, 0.1) is 16.7 Å². The average Bonchev–Trinajstić information content (AvgIpc) is 2.79. The third-order valence-electron chi connectivity index (χ3n) is 5.77. The van der Waals surface area contributed by atoms with Gasteiger partial charge in [-0.1, -0.05) is 42.5 Å². The predicted molar refractivity (Wildman–Crippen MR) is 123 cm³/mol. The lowest BCUT2D eigenvalue weighted by Crippen LogP contribution is -2.47. The smallest absolute Gasteiger partial charge is 0.271 e. The molecule has 162 valence electrons. The quantitative estimate of drug-likeness (QED) is 0.425. The average molecular weight is 429 g/mol. The van der Waals surface area contributed by atoms with Gasteiger partial charge >= 0.3 is 0 Å². The summed E-state index contributed by atoms with van der Waals surface area (Å²) >= 11 is 0. The molecule has 3 aromatic rings. The first-order chi connectivity index (χ1) is 15.4. The Kier molecular flexibility index (Phi) is 5.73. The predicted octanol–water partition coefficient (Wildman–Crippen LogP) is 5.13. The number of hydrogen-bond acceptors (Lipinski definition) is 4. The summed E-state index contributed by atoms with van der Waals surface area (Å²) in [5, 5.41) is 11.4. The second kappa shape index (κ2) is 8.63. The maximum Gasteiger partial charge on any atom is 0.271 e. The van der Waals surface area contributed by atoms with Gasteiger partial charge in [-0.05, 0) is 43.2 Å². The minimum absolute atomic E-state index is 0.0697. The number of hydrogen-bond donors (Lipinski definition) is 0. The molecule has 0 aliphatic carbocycles. The fourth-order valence-corrected chi connectivity index (χ4v) is 4.42. The summed E-state index contributed by atoms with van der Waals surface area (Å²) < 4.78 is 0.